The van der Waals surface area contributed by atoms with Crippen LogP contribution in [0.4, 0.5) is 5.69 Å². The normalized spacial score (nSPS) is 10.1. The summed E-state index contributed by atoms with van der Waals surface area (Å²) in [4.78, 5) is 17.8. The number of para-hydroxylation sites is 1. The van der Waals surface area contributed by atoms with Gasteiger partial charge < -0.3 is 9.64 Å². The summed E-state index contributed by atoms with van der Waals surface area (Å²) >= 11 is 5.86. The summed E-state index contributed by atoms with van der Waals surface area (Å²) in [6, 6.07) is 12.4. The summed E-state index contributed by atoms with van der Waals surface area (Å²) in [5.74, 6) is 0.145. The highest BCUT2D eigenvalue weighted by Gasteiger charge is 2.15. The molecule has 1 aromatic heterocycles. The maximum Gasteiger partial charge on any atom is 0.258 e. The first kappa shape index (κ1) is 13.4. The molecule has 98 valence electrons. The molecule has 0 aliphatic heterocycles. The van der Waals surface area contributed by atoms with Crippen LogP contribution in [0.3, 0.4) is 0 Å². The Kier molecular flexibility index (Phi) is 4.02. The third-order valence-corrected chi connectivity index (χ3v) is 2.87. The van der Waals surface area contributed by atoms with Gasteiger partial charge in [-0.3, -0.25) is 4.79 Å². The van der Waals surface area contributed by atoms with Gasteiger partial charge in [-0.05, 0) is 18.2 Å². The van der Waals surface area contributed by atoms with Gasteiger partial charge in [-0.15, -0.1) is 0 Å². The number of pyridine rings is 1. The van der Waals surface area contributed by atoms with Crippen LogP contribution < -0.4 is 9.64 Å². The zero-order chi connectivity index (χ0) is 13.8. The van der Waals surface area contributed by atoms with Gasteiger partial charge in [0.05, 0.1) is 7.11 Å². The van der Waals surface area contributed by atoms with Crippen molar-refractivity contribution >= 4 is 23.2 Å². The molecule has 0 spiro atoms. The van der Waals surface area contributed by atoms with Gasteiger partial charge in [0.25, 0.3) is 5.91 Å². The minimum absolute atomic E-state index is 0.172. The van der Waals surface area contributed by atoms with E-state index in [2.05, 4.69) is 4.98 Å². The molecule has 0 saturated heterocycles. The number of aromatic nitrogens is 1. The molecule has 2 rings (SSSR count). The van der Waals surface area contributed by atoms with E-state index in [-0.39, 0.29) is 11.1 Å². The van der Waals surface area contributed by atoms with Gasteiger partial charge in [0, 0.05) is 24.4 Å². The Hall–Kier alpha value is -2.07. The molecular weight excluding hydrogens is 264 g/mol. The predicted octanol–water partition coefficient (Wildman–Crippen LogP) is 3.02. The van der Waals surface area contributed by atoms with Crippen molar-refractivity contribution in [2.75, 3.05) is 19.1 Å². The number of nitrogens with zero attached hydrogens (tertiary/aromatic N) is 2. The van der Waals surface area contributed by atoms with Crippen LogP contribution in [-0.2, 0) is 0 Å². The van der Waals surface area contributed by atoms with Crippen LogP contribution in [0.25, 0.3) is 0 Å². The fraction of sp³-hybridized carbons (Fsp3) is 0.143. The molecule has 0 aliphatic rings. The third-order valence-electron chi connectivity index (χ3n) is 2.67. The van der Waals surface area contributed by atoms with Crippen molar-refractivity contribution in [3.63, 3.8) is 0 Å². The van der Waals surface area contributed by atoms with Gasteiger partial charge in [-0.25, -0.2) is 4.98 Å². The summed E-state index contributed by atoms with van der Waals surface area (Å²) in [6.07, 6.45) is 0. The molecule has 0 bridgehead atoms. The molecule has 0 unspecified atom stereocenters. The van der Waals surface area contributed by atoms with Crippen LogP contribution in [0.1, 0.15) is 10.4 Å². The van der Waals surface area contributed by atoms with Crippen molar-refractivity contribution in [2.24, 2.45) is 0 Å². The second-order valence-electron chi connectivity index (χ2n) is 3.92. The first-order valence-electron chi connectivity index (χ1n) is 5.66. The Labute approximate surface area is 116 Å². The maximum atomic E-state index is 12.3. The van der Waals surface area contributed by atoms with E-state index in [1.54, 1.807) is 18.0 Å². The van der Waals surface area contributed by atoms with Crippen LogP contribution in [0.15, 0.2) is 42.5 Å². The van der Waals surface area contributed by atoms with Crippen LogP contribution >= 0.6 is 11.6 Å². The molecule has 0 fully saturated rings. The van der Waals surface area contributed by atoms with E-state index in [1.807, 2.05) is 30.3 Å². The van der Waals surface area contributed by atoms with Crippen LogP contribution in [0.5, 0.6) is 5.88 Å². The van der Waals surface area contributed by atoms with Crippen molar-refractivity contribution in [1.29, 1.82) is 0 Å². The largest absolute Gasteiger partial charge is 0.481 e. The Bertz CT molecular complexity index is 587. The molecule has 4 nitrogen and oxygen atoms in total. The minimum atomic E-state index is -0.172. The fourth-order valence-corrected chi connectivity index (χ4v) is 1.86. The van der Waals surface area contributed by atoms with E-state index in [0.29, 0.717) is 11.4 Å². The molecule has 0 N–H and O–H groups in total. The SMILES string of the molecule is COc1cc(C(=O)N(C)c2ccccc2)cc(Cl)n1. The number of amides is 1. The lowest BCUT2D eigenvalue weighted by Gasteiger charge is -2.17. The highest BCUT2D eigenvalue weighted by atomic mass is 35.5. The Morgan fingerprint density at radius 3 is 2.58 bits per heavy atom. The summed E-state index contributed by atoms with van der Waals surface area (Å²) < 4.78 is 5.00. The summed E-state index contributed by atoms with van der Waals surface area (Å²) in [6.45, 7) is 0. The van der Waals surface area contributed by atoms with E-state index < -0.39 is 0 Å². The standard InChI is InChI=1S/C14H13ClN2O2/c1-17(11-6-4-3-5-7-11)14(18)10-8-12(15)16-13(9-10)19-2/h3-9H,1-2H3. The van der Waals surface area contributed by atoms with E-state index in [1.165, 1.54) is 13.2 Å². The molecule has 0 atom stereocenters. The van der Waals surface area contributed by atoms with Crippen molar-refractivity contribution < 1.29 is 9.53 Å². The average molecular weight is 277 g/mol. The second kappa shape index (κ2) is 5.71. The first-order valence-corrected chi connectivity index (χ1v) is 6.04. The number of halogens is 1. The summed E-state index contributed by atoms with van der Waals surface area (Å²) in [5, 5.41) is 0.226. The number of rotatable bonds is 3. The lowest BCUT2D eigenvalue weighted by Crippen LogP contribution is -2.26. The highest BCUT2D eigenvalue weighted by molar-refractivity contribution is 6.30. The topological polar surface area (TPSA) is 42.4 Å². The lowest BCUT2D eigenvalue weighted by molar-refractivity contribution is 0.0992. The molecule has 5 heteroatoms. The van der Waals surface area contributed by atoms with Crippen molar-refractivity contribution in [3.05, 3.63) is 53.2 Å². The van der Waals surface area contributed by atoms with Gasteiger partial charge in [-0.2, -0.15) is 0 Å². The number of hydrogen-bond acceptors (Lipinski definition) is 3. The molecule has 0 saturated carbocycles. The molecule has 19 heavy (non-hydrogen) atoms. The van der Waals surface area contributed by atoms with Crippen LogP contribution in [0.2, 0.25) is 5.15 Å². The molecule has 1 aromatic carbocycles. The molecule has 0 radical (unpaired) electrons. The van der Waals surface area contributed by atoms with Crippen LogP contribution in [-0.4, -0.2) is 25.0 Å². The molecule has 2 aromatic rings. The molecular formula is C14H13ClN2O2. The zero-order valence-corrected chi connectivity index (χ0v) is 11.4. The number of methoxy groups -OCH3 is 1. The smallest absolute Gasteiger partial charge is 0.258 e. The second-order valence-corrected chi connectivity index (χ2v) is 4.31. The van der Waals surface area contributed by atoms with Gasteiger partial charge in [-0.1, -0.05) is 29.8 Å². The number of hydrogen-bond donors (Lipinski definition) is 0. The molecule has 1 heterocycles. The summed E-state index contributed by atoms with van der Waals surface area (Å²) in [5.41, 5.74) is 1.24. The zero-order valence-electron chi connectivity index (χ0n) is 10.6. The predicted molar refractivity (Wildman–Crippen MR) is 75.0 cm³/mol. The first-order chi connectivity index (χ1) is 9.11. The quantitative estimate of drug-likeness (QED) is 0.809. The lowest BCUT2D eigenvalue weighted by atomic mass is 10.2. The summed E-state index contributed by atoms with van der Waals surface area (Å²) in [7, 11) is 3.19. The van der Waals surface area contributed by atoms with Gasteiger partial charge >= 0.3 is 0 Å². The van der Waals surface area contributed by atoms with Crippen LogP contribution in [0, 0.1) is 0 Å². The molecule has 1 amide bonds. The van der Waals surface area contributed by atoms with Crippen molar-refractivity contribution in [2.45, 2.75) is 0 Å². The van der Waals surface area contributed by atoms with Crippen molar-refractivity contribution in [3.8, 4) is 5.88 Å². The fourth-order valence-electron chi connectivity index (χ4n) is 1.66. The number of carbonyl (C=O) groups is 1. The highest BCUT2D eigenvalue weighted by Crippen LogP contribution is 2.20. The minimum Gasteiger partial charge on any atom is -0.481 e. The Morgan fingerprint density at radius 1 is 1.26 bits per heavy atom. The number of carbonyl (C=O) groups excluding carboxylic acids is 1. The van der Waals surface area contributed by atoms with E-state index >= 15 is 0 Å². The van der Waals surface area contributed by atoms with Gasteiger partial charge in [0.15, 0.2) is 0 Å². The Balaban J connectivity index is 2.31. The number of benzene rings is 1. The van der Waals surface area contributed by atoms with E-state index in [0.717, 1.165) is 5.69 Å². The van der Waals surface area contributed by atoms with Gasteiger partial charge in [0.2, 0.25) is 5.88 Å². The number of anilines is 1. The molecule has 0 aliphatic carbocycles. The average Bonchev–Trinajstić information content (AvgIpc) is 2.46. The van der Waals surface area contributed by atoms with E-state index in [4.69, 9.17) is 16.3 Å². The monoisotopic (exact) mass is 276 g/mol. The Morgan fingerprint density at radius 2 is 1.95 bits per heavy atom. The third kappa shape index (κ3) is 3.03. The maximum absolute atomic E-state index is 12.3. The van der Waals surface area contributed by atoms with Crippen molar-refractivity contribution in [1.82, 2.24) is 4.98 Å². The number of ether oxygens (including phenoxy) is 1. The van der Waals surface area contributed by atoms with E-state index in [9.17, 15) is 4.79 Å². The van der Waals surface area contributed by atoms with Gasteiger partial charge in [0.1, 0.15) is 5.15 Å².